The van der Waals surface area contributed by atoms with Gasteiger partial charge in [-0.25, -0.2) is 0 Å². The molecule has 29 heavy (non-hydrogen) atoms. The van der Waals surface area contributed by atoms with Crippen LogP contribution in [0.4, 0.5) is 5.69 Å². The molecule has 0 saturated carbocycles. The van der Waals surface area contributed by atoms with Crippen LogP contribution in [-0.2, 0) is 4.79 Å². The molecule has 0 radical (unpaired) electrons. The smallest absolute Gasteiger partial charge is 0.253 e. The third-order valence-corrected chi connectivity index (χ3v) is 5.67. The predicted molar refractivity (Wildman–Crippen MR) is 118 cm³/mol. The Morgan fingerprint density at radius 1 is 0.966 bits per heavy atom. The molecule has 3 rings (SSSR count). The minimum Gasteiger partial charge on any atom is -0.368 e. The van der Waals surface area contributed by atoms with Crippen LogP contribution >= 0.6 is 23.2 Å². The van der Waals surface area contributed by atoms with E-state index in [4.69, 9.17) is 23.2 Å². The molecule has 1 aliphatic rings. The van der Waals surface area contributed by atoms with Gasteiger partial charge in [0.2, 0.25) is 5.91 Å². The van der Waals surface area contributed by atoms with Crippen LogP contribution in [-0.4, -0.2) is 48.9 Å². The molecule has 0 bridgehead atoms. The fraction of sp³-hybridized carbons (Fsp3) is 0.364. The molecule has 1 atom stereocenters. The zero-order valence-electron chi connectivity index (χ0n) is 16.6. The summed E-state index contributed by atoms with van der Waals surface area (Å²) in [5, 5.41) is 3.94. The number of benzene rings is 2. The summed E-state index contributed by atoms with van der Waals surface area (Å²) in [6, 6.07) is 14.0. The van der Waals surface area contributed by atoms with Gasteiger partial charge in [-0.15, -0.1) is 0 Å². The number of anilines is 1. The van der Waals surface area contributed by atoms with E-state index in [9.17, 15) is 9.59 Å². The minimum absolute atomic E-state index is 0.0418. The Labute approximate surface area is 181 Å². The predicted octanol–water partition coefficient (Wildman–Crippen LogP) is 4.10. The molecule has 154 valence electrons. The molecule has 0 aromatic heterocycles. The van der Waals surface area contributed by atoms with E-state index in [2.05, 4.69) is 10.2 Å². The lowest BCUT2D eigenvalue weighted by Gasteiger charge is -2.38. The summed E-state index contributed by atoms with van der Waals surface area (Å²) < 4.78 is 0. The number of nitrogens with one attached hydrogen (secondary N) is 1. The first-order chi connectivity index (χ1) is 13.9. The van der Waals surface area contributed by atoms with Crippen molar-refractivity contribution in [1.29, 1.82) is 0 Å². The van der Waals surface area contributed by atoms with Crippen LogP contribution in [0, 0.1) is 5.92 Å². The average molecular weight is 434 g/mol. The number of amides is 2. The highest BCUT2D eigenvalue weighted by Gasteiger charge is 2.31. The van der Waals surface area contributed by atoms with Crippen LogP contribution in [0.15, 0.2) is 48.5 Å². The Morgan fingerprint density at radius 3 is 2.28 bits per heavy atom. The van der Waals surface area contributed by atoms with Gasteiger partial charge in [-0.2, -0.15) is 0 Å². The topological polar surface area (TPSA) is 52.7 Å². The van der Waals surface area contributed by atoms with Crippen molar-refractivity contribution < 1.29 is 9.59 Å². The minimum atomic E-state index is -0.600. The van der Waals surface area contributed by atoms with Gasteiger partial charge in [-0.3, -0.25) is 9.59 Å². The van der Waals surface area contributed by atoms with Crippen LogP contribution < -0.4 is 10.2 Å². The molecular weight excluding hydrogens is 409 g/mol. The van der Waals surface area contributed by atoms with Crippen LogP contribution in [0.2, 0.25) is 10.0 Å². The standard InChI is InChI=1S/C22H25Cl2N3O2/c1-15(2)20(25-21(28)18-8-3-4-9-19(18)24)22(29)27-12-10-26(11-13-27)17-7-5-6-16(23)14-17/h3-9,14-15,20H,10-13H2,1-2H3,(H,25,28)/t20-/m0/s1. The Morgan fingerprint density at radius 2 is 1.66 bits per heavy atom. The highest BCUT2D eigenvalue weighted by atomic mass is 35.5. The Bertz CT molecular complexity index is 880. The molecule has 2 aromatic rings. The van der Waals surface area contributed by atoms with Gasteiger partial charge in [-0.1, -0.05) is 55.2 Å². The van der Waals surface area contributed by atoms with Gasteiger partial charge in [0.05, 0.1) is 10.6 Å². The van der Waals surface area contributed by atoms with E-state index in [1.807, 2.05) is 43.0 Å². The number of hydrogen-bond acceptors (Lipinski definition) is 3. The molecule has 0 spiro atoms. The Balaban J connectivity index is 1.64. The van der Waals surface area contributed by atoms with Gasteiger partial charge < -0.3 is 15.1 Å². The molecule has 1 heterocycles. The zero-order valence-corrected chi connectivity index (χ0v) is 18.1. The van der Waals surface area contributed by atoms with Gasteiger partial charge in [0.1, 0.15) is 6.04 Å². The lowest BCUT2D eigenvalue weighted by Crippen LogP contribution is -2.56. The number of halogens is 2. The van der Waals surface area contributed by atoms with Crippen molar-refractivity contribution >= 4 is 40.7 Å². The van der Waals surface area contributed by atoms with Gasteiger partial charge in [0, 0.05) is 36.9 Å². The van der Waals surface area contributed by atoms with Gasteiger partial charge in [0.25, 0.3) is 5.91 Å². The fourth-order valence-electron chi connectivity index (χ4n) is 3.43. The van der Waals surface area contributed by atoms with Crippen molar-refractivity contribution in [3.63, 3.8) is 0 Å². The summed E-state index contributed by atoms with van der Waals surface area (Å²) in [5.74, 6) is -0.439. The summed E-state index contributed by atoms with van der Waals surface area (Å²) in [6.45, 7) is 6.48. The summed E-state index contributed by atoms with van der Waals surface area (Å²) in [5.41, 5.74) is 1.43. The van der Waals surface area contributed by atoms with Gasteiger partial charge in [0.15, 0.2) is 0 Å². The molecule has 1 saturated heterocycles. The molecule has 5 nitrogen and oxygen atoms in total. The molecule has 0 aliphatic carbocycles. The maximum Gasteiger partial charge on any atom is 0.253 e. The van der Waals surface area contributed by atoms with E-state index in [1.165, 1.54) is 0 Å². The highest BCUT2D eigenvalue weighted by molar-refractivity contribution is 6.33. The van der Waals surface area contributed by atoms with E-state index in [1.54, 1.807) is 24.3 Å². The van der Waals surface area contributed by atoms with Crippen LogP contribution in [0.25, 0.3) is 0 Å². The number of hydrogen-bond donors (Lipinski definition) is 1. The molecule has 2 amide bonds. The molecule has 1 N–H and O–H groups in total. The summed E-state index contributed by atoms with van der Waals surface area (Å²) in [6.07, 6.45) is 0. The third-order valence-electron chi connectivity index (χ3n) is 5.10. The molecule has 2 aromatic carbocycles. The number of nitrogens with zero attached hydrogens (tertiary/aromatic N) is 2. The van der Waals surface area contributed by atoms with Crippen LogP contribution in [0.5, 0.6) is 0 Å². The lowest BCUT2D eigenvalue weighted by molar-refractivity contribution is -0.134. The van der Waals surface area contributed by atoms with E-state index in [-0.39, 0.29) is 17.7 Å². The van der Waals surface area contributed by atoms with E-state index >= 15 is 0 Å². The van der Waals surface area contributed by atoms with Crippen molar-refractivity contribution in [3.8, 4) is 0 Å². The van der Waals surface area contributed by atoms with Crippen molar-refractivity contribution in [2.45, 2.75) is 19.9 Å². The van der Waals surface area contributed by atoms with Crippen molar-refractivity contribution in [2.24, 2.45) is 5.92 Å². The summed E-state index contributed by atoms with van der Waals surface area (Å²) in [7, 11) is 0. The van der Waals surface area contributed by atoms with Crippen LogP contribution in [0.3, 0.4) is 0 Å². The quantitative estimate of drug-likeness (QED) is 0.771. The monoisotopic (exact) mass is 433 g/mol. The first-order valence-corrected chi connectivity index (χ1v) is 10.5. The maximum atomic E-state index is 13.1. The lowest BCUT2D eigenvalue weighted by atomic mass is 10.0. The first-order valence-electron chi connectivity index (χ1n) is 9.71. The second-order valence-electron chi connectivity index (χ2n) is 7.47. The zero-order chi connectivity index (χ0) is 21.0. The van der Waals surface area contributed by atoms with Crippen molar-refractivity contribution in [1.82, 2.24) is 10.2 Å². The average Bonchev–Trinajstić information content (AvgIpc) is 2.71. The largest absolute Gasteiger partial charge is 0.368 e. The van der Waals surface area contributed by atoms with E-state index < -0.39 is 6.04 Å². The van der Waals surface area contributed by atoms with Gasteiger partial charge in [-0.05, 0) is 36.2 Å². The molecule has 1 fully saturated rings. The normalized spacial score (nSPS) is 15.3. The molecule has 0 unspecified atom stereocenters. The second-order valence-corrected chi connectivity index (χ2v) is 8.31. The molecular formula is C22H25Cl2N3O2. The molecule has 1 aliphatic heterocycles. The SMILES string of the molecule is CC(C)[C@H](NC(=O)c1ccccc1Cl)C(=O)N1CCN(c2cccc(Cl)c2)CC1. The third kappa shape index (κ3) is 5.22. The fourth-order valence-corrected chi connectivity index (χ4v) is 3.84. The second kappa shape index (κ2) is 9.51. The maximum absolute atomic E-state index is 13.1. The van der Waals surface area contributed by atoms with Crippen molar-refractivity contribution in [3.05, 3.63) is 64.1 Å². The van der Waals surface area contributed by atoms with Crippen molar-refractivity contribution in [2.75, 3.05) is 31.1 Å². The number of rotatable bonds is 5. The summed E-state index contributed by atoms with van der Waals surface area (Å²) >= 11 is 12.2. The first kappa shape index (κ1) is 21.5. The summed E-state index contributed by atoms with van der Waals surface area (Å²) in [4.78, 5) is 29.8. The van der Waals surface area contributed by atoms with E-state index in [0.29, 0.717) is 28.7 Å². The van der Waals surface area contributed by atoms with Crippen LogP contribution in [0.1, 0.15) is 24.2 Å². The number of carbonyl (C=O) groups excluding carboxylic acids is 2. The van der Waals surface area contributed by atoms with E-state index in [0.717, 1.165) is 18.8 Å². The highest BCUT2D eigenvalue weighted by Crippen LogP contribution is 2.21. The van der Waals surface area contributed by atoms with Gasteiger partial charge >= 0.3 is 0 Å². The number of piperazine rings is 1. The Hall–Kier alpha value is -2.24. The Kier molecular flexibility index (Phi) is 7.04. The molecule has 7 heteroatoms. The number of carbonyl (C=O) groups is 2.